The van der Waals surface area contributed by atoms with Crippen molar-refractivity contribution in [3.8, 4) is 0 Å². The minimum atomic E-state index is 0.691. The first-order valence-electron chi connectivity index (χ1n) is 7.18. The van der Waals surface area contributed by atoms with Crippen LogP contribution in [0.5, 0.6) is 0 Å². The molecule has 0 amide bonds. The second kappa shape index (κ2) is 6.39. The molecule has 0 spiro atoms. The van der Waals surface area contributed by atoms with Crippen molar-refractivity contribution in [2.24, 2.45) is 5.92 Å². The van der Waals surface area contributed by atoms with E-state index in [2.05, 4.69) is 37.2 Å². The first-order chi connectivity index (χ1) is 8.72. The molecule has 1 aromatic heterocycles. The van der Waals surface area contributed by atoms with Gasteiger partial charge < -0.3 is 9.73 Å². The number of nitrogens with zero attached hydrogens (tertiary/aromatic N) is 1. The van der Waals surface area contributed by atoms with Crippen molar-refractivity contribution < 1.29 is 4.42 Å². The number of hydrogen-bond donors (Lipinski definition) is 1. The third-order valence-corrected chi connectivity index (χ3v) is 3.97. The van der Waals surface area contributed by atoms with Crippen LogP contribution in [0.25, 0.3) is 0 Å². The lowest BCUT2D eigenvalue weighted by Gasteiger charge is -2.24. The third kappa shape index (κ3) is 3.59. The van der Waals surface area contributed by atoms with E-state index in [1.807, 2.05) is 6.26 Å². The molecule has 0 aromatic carbocycles. The van der Waals surface area contributed by atoms with E-state index in [-0.39, 0.29) is 0 Å². The Morgan fingerprint density at radius 1 is 1.50 bits per heavy atom. The van der Waals surface area contributed by atoms with Crippen LogP contribution < -0.4 is 5.32 Å². The van der Waals surface area contributed by atoms with Gasteiger partial charge in [0.2, 0.25) is 0 Å². The molecule has 102 valence electrons. The van der Waals surface area contributed by atoms with Crippen LogP contribution >= 0.6 is 0 Å². The van der Waals surface area contributed by atoms with Gasteiger partial charge >= 0.3 is 0 Å². The highest BCUT2D eigenvalue weighted by Gasteiger charge is 2.30. The Morgan fingerprint density at radius 3 is 2.94 bits per heavy atom. The van der Waals surface area contributed by atoms with Crippen molar-refractivity contribution in [2.75, 3.05) is 13.6 Å². The molecule has 0 saturated heterocycles. The molecule has 3 nitrogen and oxygen atoms in total. The van der Waals surface area contributed by atoms with Gasteiger partial charge in [-0.25, -0.2) is 0 Å². The summed E-state index contributed by atoms with van der Waals surface area (Å²) in [5.41, 5.74) is 1.33. The van der Waals surface area contributed by atoms with E-state index in [4.69, 9.17) is 4.42 Å². The van der Waals surface area contributed by atoms with Crippen molar-refractivity contribution in [1.82, 2.24) is 10.2 Å². The predicted molar refractivity (Wildman–Crippen MR) is 74.4 cm³/mol. The Hall–Kier alpha value is -0.800. The van der Waals surface area contributed by atoms with Crippen molar-refractivity contribution in [3.63, 3.8) is 0 Å². The van der Waals surface area contributed by atoms with Crippen LogP contribution in [-0.2, 0) is 13.1 Å². The van der Waals surface area contributed by atoms with Gasteiger partial charge in [-0.1, -0.05) is 6.92 Å². The Bertz CT molecular complexity index is 357. The normalized spacial score (nSPS) is 17.3. The topological polar surface area (TPSA) is 28.4 Å². The van der Waals surface area contributed by atoms with Gasteiger partial charge in [-0.2, -0.15) is 0 Å². The van der Waals surface area contributed by atoms with Crippen LogP contribution in [-0.4, -0.2) is 24.5 Å². The first-order valence-corrected chi connectivity index (χ1v) is 7.18. The second-order valence-corrected chi connectivity index (χ2v) is 5.54. The molecule has 1 saturated carbocycles. The molecule has 1 fully saturated rings. The number of hydrogen-bond acceptors (Lipinski definition) is 3. The maximum atomic E-state index is 5.58. The van der Waals surface area contributed by atoms with Gasteiger partial charge in [-0.3, -0.25) is 4.90 Å². The predicted octanol–water partition coefficient (Wildman–Crippen LogP) is 3.01. The molecule has 2 rings (SSSR count). The average molecular weight is 250 g/mol. The molecule has 1 unspecified atom stereocenters. The zero-order valence-corrected chi connectivity index (χ0v) is 11.9. The molecule has 1 aliphatic carbocycles. The number of rotatable bonds is 8. The number of nitrogens with one attached hydrogen (secondary N) is 1. The summed E-state index contributed by atoms with van der Waals surface area (Å²) in [5.74, 6) is 2.02. The van der Waals surface area contributed by atoms with Crippen LogP contribution in [0.4, 0.5) is 0 Å². The highest BCUT2D eigenvalue weighted by Crippen LogP contribution is 2.35. The van der Waals surface area contributed by atoms with Crippen molar-refractivity contribution >= 4 is 0 Å². The molecule has 1 aliphatic rings. The smallest absolute Gasteiger partial charge is 0.122 e. The summed E-state index contributed by atoms with van der Waals surface area (Å²) in [6.07, 6.45) is 5.78. The monoisotopic (exact) mass is 250 g/mol. The van der Waals surface area contributed by atoms with Gasteiger partial charge in [-0.15, -0.1) is 0 Å². The Labute approximate surface area is 111 Å². The zero-order valence-electron chi connectivity index (χ0n) is 11.9. The quantitative estimate of drug-likeness (QED) is 0.719. The molecule has 1 aromatic rings. The first kappa shape index (κ1) is 13.6. The van der Waals surface area contributed by atoms with Gasteiger partial charge in [-0.05, 0) is 51.8 Å². The van der Waals surface area contributed by atoms with Crippen LogP contribution in [0.3, 0.4) is 0 Å². The molecule has 1 N–H and O–H groups in total. The summed E-state index contributed by atoms with van der Waals surface area (Å²) in [6, 6.07) is 2.80. The minimum Gasteiger partial charge on any atom is -0.468 e. The fourth-order valence-electron chi connectivity index (χ4n) is 2.39. The maximum Gasteiger partial charge on any atom is 0.122 e. The van der Waals surface area contributed by atoms with Crippen LogP contribution in [0, 0.1) is 5.92 Å². The van der Waals surface area contributed by atoms with Crippen molar-refractivity contribution in [3.05, 3.63) is 23.7 Å². The molecule has 1 heterocycles. The molecule has 1 atom stereocenters. The molecule has 0 radical (unpaired) electrons. The summed E-state index contributed by atoms with van der Waals surface area (Å²) < 4.78 is 5.58. The van der Waals surface area contributed by atoms with E-state index in [1.54, 1.807) is 0 Å². The van der Waals surface area contributed by atoms with Gasteiger partial charge in [0.25, 0.3) is 0 Å². The lowest BCUT2D eigenvalue weighted by molar-refractivity contribution is 0.224. The highest BCUT2D eigenvalue weighted by molar-refractivity contribution is 5.17. The lowest BCUT2D eigenvalue weighted by Crippen LogP contribution is -2.30. The minimum absolute atomic E-state index is 0.691. The molecule has 3 heteroatoms. The molecule has 18 heavy (non-hydrogen) atoms. The molecule has 0 aliphatic heterocycles. The number of furan rings is 1. The summed E-state index contributed by atoms with van der Waals surface area (Å²) in [5, 5.41) is 3.40. The average Bonchev–Trinajstić information content (AvgIpc) is 3.12. The fraction of sp³-hybridized carbons (Fsp3) is 0.733. The van der Waals surface area contributed by atoms with Crippen LogP contribution in [0.2, 0.25) is 0 Å². The standard InChI is InChI=1S/C15H26N2O/c1-4-8-16-10-15-14(7-9-18-15)11-17(3)12(2)13-5-6-13/h7,9,12-13,16H,4-6,8,10-11H2,1-3H3. The summed E-state index contributed by atoms with van der Waals surface area (Å²) in [7, 11) is 2.22. The van der Waals surface area contributed by atoms with E-state index in [9.17, 15) is 0 Å². The van der Waals surface area contributed by atoms with E-state index >= 15 is 0 Å². The van der Waals surface area contributed by atoms with E-state index in [0.29, 0.717) is 6.04 Å². The largest absolute Gasteiger partial charge is 0.468 e. The van der Waals surface area contributed by atoms with E-state index in [0.717, 1.165) is 37.7 Å². The Balaban J connectivity index is 1.85. The molecular weight excluding hydrogens is 224 g/mol. The lowest BCUT2D eigenvalue weighted by atomic mass is 10.1. The zero-order chi connectivity index (χ0) is 13.0. The third-order valence-electron chi connectivity index (χ3n) is 3.97. The fourth-order valence-corrected chi connectivity index (χ4v) is 2.39. The highest BCUT2D eigenvalue weighted by atomic mass is 16.3. The summed E-state index contributed by atoms with van der Waals surface area (Å²) >= 11 is 0. The SMILES string of the molecule is CCCNCc1occc1CN(C)C(C)C1CC1. The van der Waals surface area contributed by atoms with Gasteiger partial charge in [0, 0.05) is 18.2 Å². The maximum absolute atomic E-state index is 5.58. The Kier molecular flexibility index (Phi) is 4.84. The Morgan fingerprint density at radius 2 is 2.28 bits per heavy atom. The van der Waals surface area contributed by atoms with Gasteiger partial charge in [0.1, 0.15) is 5.76 Å². The molecule has 0 bridgehead atoms. The second-order valence-electron chi connectivity index (χ2n) is 5.54. The summed E-state index contributed by atoms with van der Waals surface area (Å²) in [6.45, 7) is 7.42. The van der Waals surface area contributed by atoms with Crippen molar-refractivity contribution in [2.45, 2.75) is 52.2 Å². The van der Waals surface area contributed by atoms with Gasteiger partial charge in [0.15, 0.2) is 0 Å². The van der Waals surface area contributed by atoms with Gasteiger partial charge in [0.05, 0.1) is 12.8 Å². The molecular formula is C15H26N2O. The van der Waals surface area contributed by atoms with E-state index in [1.165, 1.54) is 18.4 Å². The van der Waals surface area contributed by atoms with Crippen molar-refractivity contribution in [1.29, 1.82) is 0 Å². The summed E-state index contributed by atoms with van der Waals surface area (Å²) in [4.78, 5) is 2.45. The van der Waals surface area contributed by atoms with Crippen LogP contribution in [0.15, 0.2) is 16.7 Å². The van der Waals surface area contributed by atoms with E-state index < -0.39 is 0 Å². The van der Waals surface area contributed by atoms with Crippen LogP contribution in [0.1, 0.15) is 44.4 Å².